The lowest BCUT2D eigenvalue weighted by Crippen LogP contribution is -2.23. The molecule has 1 unspecified atom stereocenters. The summed E-state index contributed by atoms with van der Waals surface area (Å²) in [5.41, 5.74) is 3.61. The van der Waals surface area contributed by atoms with Crippen LogP contribution in [0.3, 0.4) is 0 Å². The summed E-state index contributed by atoms with van der Waals surface area (Å²) < 4.78 is 5.41. The molecule has 3 aromatic rings. The SMILES string of the molecule is CCc1cc2ccc(C(C)(C#N)Cc3cccc(C=O)c3)cc2nc1OC. The summed E-state index contributed by atoms with van der Waals surface area (Å²) in [4.78, 5) is 15.7. The van der Waals surface area contributed by atoms with E-state index in [0.29, 0.717) is 17.9 Å². The van der Waals surface area contributed by atoms with Crippen LogP contribution >= 0.6 is 0 Å². The number of nitriles is 1. The average molecular weight is 358 g/mol. The van der Waals surface area contributed by atoms with Crippen LogP contribution in [0, 0.1) is 11.3 Å². The largest absolute Gasteiger partial charge is 0.481 e. The van der Waals surface area contributed by atoms with Gasteiger partial charge in [-0.15, -0.1) is 0 Å². The molecule has 2 aromatic carbocycles. The summed E-state index contributed by atoms with van der Waals surface area (Å²) in [5.74, 6) is 0.625. The molecule has 0 bridgehead atoms. The fraction of sp³-hybridized carbons (Fsp3) is 0.261. The predicted molar refractivity (Wildman–Crippen MR) is 106 cm³/mol. The number of ether oxygens (including phenoxy) is 1. The Morgan fingerprint density at radius 1 is 1.22 bits per heavy atom. The Kier molecular flexibility index (Phi) is 5.23. The molecule has 4 nitrogen and oxygen atoms in total. The summed E-state index contributed by atoms with van der Waals surface area (Å²) in [6.07, 6.45) is 2.18. The van der Waals surface area contributed by atoms with Crippen LogP contribution in [0.5, 0.6) is 5.88 Å². The highest BCUT2D eigenvalue weighted by Crippen LogP contribution is 2.31. The lowest BCUT2D eigenvalue weighted by molar-refractivity contribution is 0.112. The summed E-state index contributed by atoms with van der Waals surface area (Å²) in [6, 6.07) is 17.9. The van der Waals surface area contributed by atoms with Crippen molar-refractivity contribution in [3.05, 3.63) is 70.8 Å². The molecule has 0 saturated carbocycles. The van der Waals surface area contributed by atoms with E-state index in [2.05, 4.69) is 24.0 Å². The van der Waals surface area contributed by atoms with Crippen LogP contribution in [0.15, 0.2) is 48.5 Å². The molecule has 0 aliphatic rings. The number of aldehydes is 1. The standard InChI is InChI=1S/C23H22N2O2/c1-4-18-11-19-8-9-20(12-21(19)25-22(18)27-3)23(2,15-24)13-16-6-5-7-17(10-16)14-26/h5-12,14H,4,13H2,1-3H3. The molecule has 0 aliphatic carbocycles. The van der Waals surface area contributed by atoms with Gasteiger partial charge in [0, 0.05) is 16.5 Å². The Balaban J connectivity index is 2.04. The summed E-state index contributed by atoms with van der Waals surface area (Å²) >= 11 is 0. The van der Waals surface area contributed by atoms with Gasteiger partial charge in [0.2, 0.25) is 5.88 Å². The third kappa shape index (κ3) is 3.68. The number of carbonyl (C=O) groups excluding carboxylic acids is 1. The van der Waals surface area contributed by atoms with Gasteiger partial charge >= 0.3 is 0 Å². The number of methoxy groups -OCH3 is 1. The zero-order valence-electron chi connectivity index (χ0n) is 15.8. The molecule has 4 heteroatoms. The highest BCUT2D eigenvalue weighted by molar-refractivity contribution is 5.81. The third-order valence-electron chi connectivity index (χ3n) is 4.96. The molecule has 0 aliphatic heterocycles. The van der Waals surface area contributed by atoms with Crippen molar-refractivity contribution in [2.45, 2.75) is 32.1 Å². The second-order valence-electron chi connectivity index (χ2n) is 6.90. The minimum atomic E-state index is -0.728. The predicted octanol–water partition coefficient (Wildman–Crippen LogP) is 4.64. The Morgan fingerprint density at radius 3 is 2.70 bits per heavy atom. The third-order valence-corrected chi connectivity index (χ3v) is 4.96. The monoisotopic (exact) mass is 358 g/mol. The maximum Gasteiger partial charge on any atom is 0.216 e. The zero-order chi connectivity index (χ0) is 19.4. The van der Waals surface area contributed by atoms with Crippen LogP contribution < -0.4 is 4.74 Å². The van der Waals surface area contributed by atoms with Gasteiger partial charge in [0.15, 0.2) is 0 Å². The molecule has 3 rings (SSSR count). The van der Waals surface area contributed by atoms with Gasteiger partial charge in [-0.3, -0.25) is 4.79 Å². The van der Waals surface area contributed by atoms with E-state index in [1.165, 1.54) is 0 Å². The molecule has 0 spiro atoms. The smallest absolute Gasteiger partial charge is 0.216 e. The fourth-order valence-corrected chi connectivity index (χ4v) is 3.36. The van der Waals surface area contributed by atoms with E-state index in [4.69, 9.17) is 4.74 Å². The van der Waals surface area contributed by atoms with Crippen molar-refractivity contribution in [2.24, 2.45) is 0 Å². The van der Waals surface area contributed by atoms with E-state index < -0.39 is 5.41 Å². The number of carbonyl (C=O) groups is 1. The first-order valence-corrected chi connectivity index (χ1v) is 8.96. The minimum absolute atomic E-state index is 0.515. The number of fused-ring (bicyclic) bond motifs is 1. The van der Waals surface area contributed by atoms with E-state index in [0.717, 1.165) is 40.3 Å². The Bertz CT molecular complexity index is 1040. The lowest BCUT2D eigenvalue weighted by atomic mass is 9.78. The number of pyridine rings is 1. The van der Waals surface area contributed by atoms with Crippen LogP contribution in [0.1, 0.15) is 40.9 Å². The van der Waals surface area contributed by atoms with Crippen LogP contribution in [0.2, 0.25) is 0 Å². The van der Waals surface area contributed by atoms with E-state index in [1.54, 1.807) is 13.2 Å². The van der Waals surface area contributed by atoms with Crippen molar-refractivity contribution in [3.63, 3.8) is 0 Å². The first-order valence-electron chi connectivity index (χ1n) is 8.96. The van der Waals surface area contributed by atoms with Crippen molar-refractivity contribution in [3.8, 4) is 11.9 Å². The first-order chi connectivity index (χ1) is 13.0. The maximum absolute atomic E-state index is 11.0. The number of hydrogen-bond acceptors (Lipinski definition) is 4. The van der Waals surface area contributed by atoms with E-state index in [9.17, 15) is 10.1 Å². The molecular weight excluding hydrogens is 336 g/mol. The van der Waals surface area contributed by atoms with Crippen molar-refractivity contribution in [1.82, 2.24) is 4.98 Å². The van der Waals surface area contributed by atoms with Crippen molar-refractivity contribution in [1.29, 1.82) is 5.26 Å². The average Bonchev–Trinajstić information content (AvgIpc) is 2.72. The summed E-state index contributed by atoms with van der Waals surface area (Å²) in [7, 11) is 1.62. The Labute approximate surface area is 159 Å². The molecule has 0 amide bonds. The molecule has 136 valence electrons. The summed E-state index contributed by atoms with van der Waals surface area (Å²) in [5, 5.41) is 10.9. The second kappa shape index (κ2) is 7.59. The number of hydrogen-bond donors (Lipinski definition) is 0. The van der Waals surface area contributed by atoms with Crippen molar-refractivity contribution >= 4 is 17.2 Å². The number of nitrogens with zero attached hydrogens (tertiary/aromatic N) is 2. The van der Waals surface area contributed by atoms with Gasteiger partial charge in [0.1, 0.15) is 6.29 Å². The molecule has 1 heterocycles. The van der Waals surface area contributed by atoms with Gasteiger partial charge < -0.3 is 4.74 Å². The van der Waals surface area contributed by atoms with Gasteiger partial charge in [0.05, 0.1) is 24.1 Å². The maximum atomic E-state index is 11.0. The molecular formula is C23H22N2O2. The number of aryl methyl sites for hydroxylation is 1. The molecule has 1 atom stereocenters. The lowest BCUT2D eigenvalue weighted by Gasteiger charge is -2.23. The molecule has 1 aromatic heterocycles. The van der Waals surface area contributed by atoms with Gasteiger partial charge in [-0.05, 0) is 49.1 Å². The Morgan fingerprint density at radius 2 is 2.04 bits per heavy atom. The Hall–Kier alpha value is -3.19. The van der Waals surface area contributed by atoms with Crippen LogP contribution in [0.25, 0.3) is 10.9 Å². The number of benzene rings is 2. The number of aromatic nitrogens is 1. The topological polar surface area (TPSA) is 63.0 Å². The highest BCUT2D eigenvalue weighted by Gasteiger charge is 2.27. The van der Waals surface area contributed by atoms with Gasteiger partial charge in [-0.25, -0.2) is 4.98 Å². The zero-order valence-corrected chi connectivity index (χ0v) is 15.8. The number of rotatable bonds is 6. The van der Waals surface area contributed by atoms with Gasteiger partial charge in [-0.1, -0.05) is 37.3 Å². The molecule has 0 saturated heterocycles. The minimum Gasteiger partial charge on any atom is -0.481 e. The summed E-state index contributed by atoms with van der Waals surface area (Å²) in [6.45, 7) is 3.99. The van der Waals surface area contributed by atoms with E-state index >= 15 is 0 Å². The van der Waals surface area contributed by atoms with Crippen LogP contribution in [0.4, 0.5) is 0 Å². The fourth-order valence-electron chi connectivity index (χ4n) is 3.36. The molecule has 0 radical (unpaired) electrons. The molecule has 27 heavy (non-hydrogen) atoms. The van der Waals surface area contributed by atoms with Gasteiger partial charge in [0.25, 0.3) is 0 Å². The van der Waals surface area contributed by atoms with Gasteiger partial charge in [-0.2, -0.15) is 5.26 Å². The molecule has 0 fully saturated rings. The highest BCUT2D eigenvalue weighted by atomic mass is 16.5. The molecule has 0 N–H and O–H groups in total. The van der Waals surface area contributed by atoms with Crippen molar-refractivity contribution in [2.75, 3.05) is 7.11 Å². The van der Waals surface area contributed by atoms with Crippen molar-refractivity contribution < 1.29 is 9.53 Å². The normalized spacial score (nSPS) is 13.0. The quantitative estimate of drug-likeness (QED) is 0.602. The van der Waals surface area contributed by atoms with E-state index in [-0.39, 0.29) is 0 Å². The van der Waals surface area contributed by atoms with Crippen LogP contribution in [-0.4, -0.2) is 18.4 Å². The second-order valence-corrected chi connectivity index (χ2v) is 6.90. The first kappa shape index (κ1) is 18.6. The van der Waals surface area contributed by atoms with Crippen LogP contribution in [-0.2, 0) is 18.3 Å². The van der Waals surface area contributed by atoms with E-state index in [1.807, 2.05) is 43.3 Å².